The summed E-state index contributed by atoms with van der Waals surface area (Å²) in [4.78, 5) is 34.5. The van der Waals surface area contributed by atoms with Gasteiger partial charge in [-0.25, -0.2) is 9.38 Å². The third-order valence-electron chi connectivity index (χ3n) is 6.99. The Labute approximate surface area is 246 Å². The largest absolute Gasteiger partial charge is 0.489 e. The highest BCUT2D eigenvalue weighted by Gasteiger charge is 2.34. The second kappa shape index (κ2) is 12.2. The van der Waals surface area contributed by atoms with Gasteiger partial charge in [0.2, 0.25) is 0 Å². The van der Waals surface area contributed by atoms with Gasteiger partial charge in [-0.15, -0.1) is 0 Å². The van der Waals surface area contributed by atoms with Gasteiger partial charge in [0, 0.05) is 18.1 Å². The number of rotatable bonds is 8. The number of amides is 1. The topological polar surface area (TPSA) is 63.9 Å². The Balaban J connectivity index is 1.50. The smallest absolute Gasteiger partial charge is 0.271 e. The molecule has 0 unspecified atom stereocenters. The minimum absolute atomic E-state index is 0.137. The molecule has 0 aliphatic carbocycles. The van der Waals surface area contributed by atoms with Crippen molar-refractivity contribution in [2.24, 2.45) is 4.99 Å². The van der Waals surface area contributed by atoms with Crippen molar-refractivity contribution in [1.82, 2.24) is 9.47 Å². The molecule has 9 heteroatoms. The Morgan fingerprint density at radius 1 is 1.05 bits per heavy atom. The lowest BCUT2D eigenvalue weighted by molar-refractivity contribution is -0.127. The summed E-state index contributed by atoms with van der Waals surface area (Å²) in [6.45, 7) is 7.10. The number of likely N-dealkylation sites (N-methyl/N-ethyl adjacent to an activating group) is 1. The molecule has 41 heavy (non-hydrogen) atoms. The molecule has 0 fully saturated rings. The third-order valence-corrected chi connectivity index (χ3v) is 8.22. The van der Waals surface area contributed by atoms with Crippen molar-refractivity contribution in [3.8, 4) is 5.75 Å². The monoisotopic (exact) mass is 589 g/mol. The highest BCUT2D eigenvalue weighted by atomic mass is 35.5. The first kappa shape index (κ1) is 28.5. The van der Waals surface area contributed by atoms with Crippen molar-refractivity contribution in [2.75, 3.05) is 13.1 Å². The number of benzene rings is 3. The molecule has 1 aliphatic heterocycles. The Hall–Kier alpha value is -4.01. The fraction of sp³-hybridized carbons (Fsp3) is 0.219. The lowest BCUT2D eigenvalue weighted by Gasteiger charge is -2.29. The second-order valence-electron chi connectivity index (χ2n) is 9.59. The third kappa shape index (κ3) is 6.04. The van der Waals surface area contributed by atoms with Gasteiger partial charge in [0.25, 0.3) is 11.5 Å². The van der Waals surface area contributed by atoms with Crippen LogP contribution in [0.2, 0.25) is 5.02 Å². The molecule has 0 saturated heterocycles. The summed E-state index contributed by atoms with van der Waals surface area (Å²) in [5.74, 6) is 0.234. The van der Waals surface area contributed by atoms with E-state index in [0.717, 1.165) is 16.7 Å². The summed E-state index contributed by atoms with van der Waals surface area (Å²) in [7, 11) is 0. The van der Waals surface area contributed by atoms with Gasteiger partial charge in [-0.1, -0.05) is 59.3 Å². The van der Waals surface area contributed by atoms with Gasteiger partial charge in [-0.3, -0.25) is 14.2 Å². The van der Waals surface area contributed by atoms with Crippen LogP contribution in [0.1, 0.15) is 43.5 Å². The van der Waals surface area contributed by atoms with Crippen LogP contribution in [-0.2, 0) is 11.4 Å². The standard InChI is InChI=1S/C32H29ClFN3O3S/c1-4-36(5-2)31(39)28-20(3)35-32-37(29(28)23-10-12-24(33)13-11-23)30(38)27(41-32)18-21-8-16-26(17-9-21)40-19-22-6-14-25(34)15-7-22/h6-18,29H,4-5,19H2,1-3H3/b27-18+/t29-/m0/s1. The zero-order chi connectivity index (χ0) is 29.1. The number of halogens is 2. The maximum absolute atomic E-state index is 13.9. The van der Waals surface area contributed by atoms with Gasteiger partial charge in [0.15, 0.2) is 4.80 Å². The lowest BCUT2D eigenvalue weighted by atomic mass is 9.94. The Morgan fingerprint density at radius 2 is 1.71 bits per heavy atom. The molecule has 2 heterocycles. The molecule has 1 aliphatic rings. The van der Waals surface area contributed by atoms with E-state index in [9.17, 15) is 14.0 Å². The van der Waals surface area contributed by atoms with Crippen LogP contribution >= 0.6 is 22.9 Å². The molecule has 4 aromatic rings. The summed E-state index contributed by atoms with van der Waals surface area (Å²) in [6, 6.07) is 20.2. The van der Waals surface area contributed by atoms with Crippen molar-refractivity contribution in [3.63, 3.8) is 0 Å². The molecule has 0 N–H and O–H groups in total. The maximum Gasteiger partial charge on any atom is 0.271 e. The van der Waals surface area contributed by atoms with Gasteiger partial charge in [-0.2, -0.15) is 0 Å². The molecule has 0 radical (unpaired) electrons. The summed E-state index contributed by atoms with van der Waals surface area (Å²) in [5.41, 5.74) is 3.33. The van der Waals surface area contributed by atoms with E-state index < -0.39 is 6.04 Å². The fourth-order valence-electron chi connectivity index (χ4n) is 4.80. The first-order valence-electron chi connectivity index (χ1n) is 13.3. The van der Waals surface area contributed by atoms with E-state index in [1.165, 1.54) is 23.5 Å². The number of carbonyl (C=O) groups excluding carboxylic acids is 1. The van der Waals surface area contributed by atoms with Gasteiger partial charge in [0.05, 0.1) is 21.8 Å². The van der Waals surface area contributed by atoms with Crippen LogP contribution < -0.4 is 19.6 Å². The molecule has 210 valence electrons. The minimum Gasteiger partial charge on any atom is -0.489 e. The first-order chi connectivity index (χ1) is 19.8. The van der Waals surface area contributed by atoms with Crippen molar-refractivity contribution in [1.29, 1.82) is 0 Å². The normalized spacial score (nSPS) is 15.0. The maximum atomic E-state index is 13.9. The molecule has 0 bridgehead atoms. The molecular formula is C32H29ClFN3O3S. The molecule has 0 spiro atoms. The number of thiazole rings is 1. The van der Waals surface area contributed by atoms with E-state index in [-0.39, 0.29) is 17.3 Å². The molecule has 3 aromatic carbocycles. The predicted octanol–water partition coefficient (Wildman–Crippen LogP) is 5.48. The van der Waals surface area contributed by atoms with Crippen LogP contribution in [0.5, 0.6) is 5.75 Å². The summed E-state index contributed by atoms with van der Waals surface area (Å²) < 4.78 is 21.1. The highest BCUT2D eigenvalue weighted by Crippen LogP contribution is 2.31. The highest BCUT2D eigenvalue weighted by molar-refractivity contribution is 7.07. The van der Waals surface area contributed by atoms with Crippen LogP contribution in [0.3, 0.4) is 0 Å². The van der Waals surface area contributed by atoms with Crippen molar-refractivity contribution >= 4 is 34.9 Å². The first-order valence-corrected chi connectivity index (χ1v) is 14.5. The fourth-order valence-corrected chi connectivity index (χ4v) is 5.97. The molecule has 5 rings (SSSR count). The Bertz CT molecular complexity index is 1770. The van der Waals surface area contributed by atoms with E-state index in [4.69, 9.17) is 21.3 Å². The summed E-state index contributed by atoms with van der Waals surface area (Å²) in [5, 5.41) is 0.573. The second-order valence-corrected chi connectivity index (χ2v) is 11.0. The van der Waals surface area contributed by atoms with Crippen molar-refractivity contribution < 1.29 is 13.9 Å². The molecule has 6 nitrogen and oxygen atoms in total. The van der Waals surface area contributed by atoms with Crippen molar-refractivity contribution in [3.05, 3.63) is 131 Å². The van der Waals surface area contributed by atoms with Gasteiger partial charge in [0.1, 0.15) is 18.2 Å². The summed E-state index contributed by atoms with van der Waals surface area (Å²) in [6.07, 6.45) is 1.82. The Kier molecular flexibility index (Phi) is 8.52. The number of hydrogen-bond acceptors (Lipinski definition) is 5. The van der Waals surface area contributed by atoms with Crippen LogP contribution in [0, 0.1) is 5.82 Å². The molecular weight excluding hydrogens is 561 g/mol. The number of nitrogens with zero attached hydrogens (tertiary/aromatic N) is 3. The van der Waals surface area contributed by atoms with Gasteiger partial charge >= 0.3 is 0 Å². The van der Waals surface area contributed by atoms with Gasteiger partial charge in [-0.05, 0) is 79.9 Å². The SMILES string of the molecule is CCN(CC)C(=O)C1=C(C)N=c2s/c(=C/c3ccc(OCc4ccc(F)cc4)cc3)c(=O)n2[C@H]1c1ccc(Cl)cc1. The average molecular weight is 590 g/mol. The van der Waals surface area contributed by atoms with Crippen LogP contribution in [0.25, 0.3) is 6.08 Å². The zero-order valence-corrected chi connectivity index (χ0v) is 24.5. The number of aromatic nitrogens is 1. The van der Waals surface area contributed by atoms with E-state index in [0.29, 0.717) is 51.1 Å². The number of fused-ring (bicyclic) bond motifs is 1. The van der Waals surface area contributed by atoms with E-state index in [1.807, 2.05) is 63.2 Å². The number of hydrogen-bond donors (Lipinski definition) is 0. The molecule has 1 atom stereocenters. The van der Waals surface area contributed by atoms with Gasteiger partial charge < -0.3 is 9.64 Å². The van der Waals surface area contributed by atoms with E-state index in [1.54, 1.807) is 33.7 Å². The zero-order valence-electron chi connectivity index (χ0n) is 22.9. The Morgan fingerprint density at radius 3 is 2.34 bits per heavy atom. The van der Waals surface area contributed by atoms with E-state index >= 15 is 0 Å². The quantitative estimate of drug-likeness (QED) is 0.274. The van der Waals surface area contributed by atoms with E-state index in [2.05, 4.69) is 0 Å². The number of carbonyl (C=O) groups is 1. The molecule has 0 saturated carbocycles. The minimum atomic E-state index is -0.624. The van der Waals surface area contributed by atoms with Crippen LogP contribution in [0.4, 0.5) is 4.39 Å². The van der Waals surface area contributed by atoms with Crippen LogP contribution in [-0.4, -0.2) is 28.5 Å². The number of ether oxygens (including phenoxy) is 1. The van der Waals surface area contributed by atoms with Crippen LogP contribution in [0.15, 0.2) is 93.9 Å². The van der Waals surface area contributed by atoms with Crippen molar-refractivity contribution in [2.45, 2.75) is 33.4 Å². The average Bonchev–Trinajstić information content (AvgIpc) is 3.27. The predicted molar refractivity (Wildman–Crippen MR) is 160 cm³/mol. The number of allylic oxidation sites excluding steroid dienone is 1. The lowest BCUT2D eigenvalue weighted by Crippen LogP contribution is -2.43. The molecule has 1 amide bonds. The summed E-state index contributed by atoms with van der Waals surface area (Å²) >= 11 is 7.46. The molecule has 1 aromatic heterocycles.